The molecule has 0 spiro atoms. The summed E-state index contributed by atoms with van der Waals surface area (Å²) in [6.07, 6.45) is 3.65. The van der Waals surface area contributed by atoms with Crippen LogP contribution in [0.3, 0.4) is 0 Å². The van der Waals surface area contributed by atoms with Crippen LogP contribution in [0.5, 0.6) is 0 Å². The summed E-state index contributed by atoms with van der Waals surface area (Å²) < 4.78 is 13.2. The van der Waals surface area contributed by atoms with Gasteiger partial charge in [-0.05, 0) is 85.0 Å². The van der Waals surface area contributed by atoms with E-state index < -0.39 is 0 Å². The third-order valence-electron chi connectivity index (χ3n) is 5.38. The maximum atomic E-state index is 13.2. The summed E-state index contributed by atoms with van der Waals surface area (Å²) in [4.78, 5) is 12.5. The Morgan fingerprint density at radius 2 is 1.86 bits per heavy atom. The zero-order valence-corrected chi connectivity index (χ0v) is 17.6. The molecule has 0 fully saturated rings. The van der Waals surface area contributed by atoms with Crippen molar-refractivity contribution in [3.8, 4) is 0 Å². The van der Waals surface area contributed by atoms with Crippen LogP contribution in [0.2, 0.25) is 0 Å². The normalized spacial score (nSPS) is 16.4. The summed E-state index contributed by atoms with van der Waals surface area (Å²) >= 11 is 0. The summed E-state index contributed by atoms with van der Waals surface area (Å²) in [5.41, 5.74) is 6.72. The van der Waals surface area contributed by atoms with Gasteiger partial charge in [0.25, 0.3) is 0 Å². The van der Waals surface area contributed by atoms with E-state index in [2.05, 4.69) is 51.3 Å². The molecule has 0 aromatic heterocycles. The smallest absolute Gasteiger partial charge is 0.224 e. The summed E-state index contributed by atoms with van der Waals surface area (Å²) in [7, 11) is 0. The maximum absolute atomic E-state index is 13.2. The SMILES string of the molecule is Cc1cc2c(c(C)c1NC(=O)CC(C)(C)C)CCCC2Nc1ccc(F)cc1. The van der Waals surface area contributed by atoms with Gasteiger partial charge < -0.3 is 10.6 Å². The topological polar surface area (TPSA) is 41.1 Å². The minimum Gasteiger partial charge on any atom is -0.378 e. The molecular weight excluding hydrogens is 351 g/mol. The fourth-order valence-corrected chi connectivity index (χ4v) is 4.09. The van der Waals surface area contributed by atoms with Crippen molar-refractivity contribution in [2.24, 2.45) is 5.41 Å². The van der Waals surface area contributed by atoms with Crippen LogP contribution in [0.15, 0.2) is 30.3 Å². The van der Waals surface area contributed by atoms with Gasteiger partial charge in [0.2, 0.25) is 5.91 Å². The van der Waals surface area contributed by atoms with Crippen molar-refractivity contribution in [1.29, 1.82) is 0 Å². The molecule has 2 N–H and O–H groups in total. The lowest BCUT2D eigenvalue weighted by Crippen LogP contribution is -2.23. The zero-order chi connectivity index (χ0) is 20.5. The van der Waals surface area contributed by atoms with Crippen LogP contribution in [0.1, 0.15) is 68.3 Å². The van der Waals surface area contributed by atoms with E-state index in [1.807, 2.05) is 0 Å². The second-order valence-electron chi connectivity index (χ2n) is 9.14. The van der Waals surface area contributed by atoms with Crippen LogP contribution in [0.25, 0.3) is 0 Å². The Morgan fingerprint density at radius 1 is 1.18 bits per heavy atom. The van der Waals surface area contributed by atoms with Crippen LogP contribution in [0, 0.1) is 25.1 Å². The highest BCUT2D eigenvalue weighted by atomic mass is 19.1. The van der Waals surface area contributed by atoms with Gasteiger partial charge in [0.05, 0.1) is 6.04 Å². The van der Waals surface area contributed by atoms with Gasteiger partial charge in [0, 0.05) is 17.8 Å². The van der Waals surface area contributed by atoms with E-state index in [0.717, 1.165) is 36.2 Å². The molecule has 4 heteroatoms. The lowest BCUT2D eigenvalue weighted by Gasteiger charge is -2.30. The number of rotatable bonds is 4. The Morgan fingerprint density at radius 3 is 2.50 bits per heavy atom. The highest BCUT2D eigenvalue weighted by Gasteiger charge is 2.25. The van der Waals surface area contributed by atoms with Gasteiger partial charge in [0.15, 0.2) is 0 Å². The molecule has 1 unspecified atom stereocenters. The van der Waals surface area contributed by atoms with E-state index in [-0.39, 0.29) is 23.2 Å². The first-order chi connectivity index (χ1) is 13.1. The number of halogens is 1. The molecule has 28 heavy (non-hydrogen) atoms. The van der Waals surface area contributed by atoms with Crippen molar-refractivity contribution in [2.75, 3.05) is 10.6 Å². The van der Waals surface area contributed by atoms with Crippen LogP contribution in [0.4, 0.5) is 15.8 Å². The van der Waals surface area contributed by atoms with Crippen LogP contribution in [-0.4, -0.2) is 5.91 Å². The van der Waals surface area contributed by atoms with Gasteiger partial charge in [0.1, 0.15) is 5.82 Å². The van der Waals surface area contributed by atoms with Gasteiger partial charge in [-0.25, -0.2) is 4.39 Å². The van der Waals surface area contributed by atoms with E-state index in [0.29, 0.717) is 6.42 Å². The van der Waals surface area contributed by atoms with Crippen molar-refractivity contribution in [3.05, 3.63) is 58.4 Å². The molecule has 2 aromatic carbocycles. The monoisotopic (exact) mass is 382 g/mol. The average Bonchev–Trinajstić information content (AvgIpc) is 2.60. The maximum Gasteiger partial charge on any atom is 0.224 e. The quantitative estimate of drug-likeness (QED) is 0.651. The summed E-state index contributed by atoms with van der Waals surface area (Å²) in [6, 6.07) is 8.93. The van der Waals surface area contributed by atoms with E-state index in [4.69, 9.17) is 0 Å². The molecule has 0 bridgehead atoms. The molecule has 1 amide bonds. The Labute approximate surface area is 167 Å². The number of hydrogen-bond acceptors (Lipinski definition) is 2. The molecule has 3 nitrogen and oxygen atoms in total. The van der Waals surface area contributed by atoms with Gasteiger partial charge in [-0.15, -0.1) is 0 Å². The first-order valence-electron chi connectivity index (χ1n) is 10.1. The highest BCUT2D eigenvalue weighted by Crippen LogP contribution is 2.38. The third kappa shape index (κ3) is 4.73. The largest absolute Gasteiger partial charge is 0.378 e. The minimum absolute atomic E-state index is 0.0374. The number of benzene rings is 2. The van der Waals surface area contributed by atoms with Crippen molar-refractivity contribution < 1.29 is 9.18 Å². The molecule has 0 saturated carbocycles. The number of carbonyl (C=O) groups is 1. The highest BCUT2D eigenvalue weighted by molar-refractivity contribution is 5.93. The average molecular weight is 383 g/mol. The van der Waals surface area contributed by atoms with Crippen LogP contribution < -0.4 is 10.6 Å². The third-order valence-corrected chi connectivity index (χ3v) is 5.38. The van der Waals surface area contributed by atoms with E-state index >= 15 is 0 Å². The standard InChI is InChI=1S/C24H31FN2O/c1-15-13-20-19(16(2)23(15)27-22(28)14-24(3,4)5)7-6-8-21(20)26-18-11-9-17(25)10-12-18/h9-13,21,26H,6-8,14H2,1-5H3,(H,27,28). The molecule has 0 aliphatic heterocycles. The Hall–Kier alpha value is -2.36. The first kappa shape index (κ1) is 20.4. The molecule has 2 aromatic rings. The van der Waals surface area contributed by atoms with Crippen molar-refractivity contribution >= 4 is 17.3 Å². The van der Waals surface area contributed by atoms with Gasteiger partial charge in [-0.2, -0.15) is 0 Å². The fourth-order valence-electron chi connectivity index (χ4n) is 4.09. The summed E-state index contributed by atoms with van der Waals surface area (Å²) in [5, 5.41) is 6.71. The van der Waals surface area contributed by atoms with Crippen molar-refractivity contribution in [3.63, 3.8) is 0 Å². The van der Waals surface area contributed by atoms with Gasteiger partial charge in [-0.1, -0.05) is 26.8 Å². The molecule has 0 radical (unpaired) electrons. The van der Waals surface area contributed by atoms with Crippen molar-refractivity contribution in [1.82, 2.24) is 0 Å². The second kappa shape index (κ2) is 7.94. The van der Waals surface area contributed by atoms with Gasteiger partial charge in [-0.3, -0.25) is 4.79 Å². The summed E-state index contributed by atoms with van der Waals surface area (Å²) in [5.74, 6) is -0.160. The van der Waals surface area contributed by atoms with Crippen molar-refractivity contribution in [2.45, 2.75) is 66.3 Å². The zero-order valence-electron chi connectivity index (χ0n) is 17.6. The van der Waals surface area contributed by atoms with E-state index in [1.54, 1.807) is 12.1 Å². The molecule has 1 atom stereocenters. The number of amides is 1. The van der Waals surface area contributed by atoms with E-state index in [1.165, 1.54) is 28.8 Å². The lowest BCUT2D eigenvalue weighted by molar-refractivity contribution is -0.117. The first-order valence-corrected chi connectivity index (χ1v) is 10.1. The number of nitrogens with one attached hydrogen (secondary N) is 2. The lowest BCUT2D eigenvalue weighted by atomic mass is 9.83. The fraction of sp³-hybridized carbons (Fsp3) is 0.458. The molecule has 0 heterocycles. The molecule has 1 aliphatic rings. The number of hydrogen-bond donors (Lipinski definition) is 2. The molecule has 150 valence electrons. The van der Waals surface area contributed by atoms with Crippen LogP contribution >= 0.6 is 0 Å². The number of anilines is 2. The molecule has 3 rings (SSSR count). The number of fused-ring (bicyclic) bond motifs is 1. The summed E-state index contributed by atoms with van der Waals surface area (Å²) in [6.45, 7) is 10.4. The van der Waals surface area contributed by atoms with Crippen LogP contribution in [-0.2, 0) is 11.2 Å². The minimum atomic E-state index is -0.225. The molecule has 0 saturated heterocycles. The Balaban J connectivity index is 1.87. The second-order valence-corrected chi connectivity index (χ2v) is 9.14. The Bertz CT molecular complexity index is 866. The predicted octanol–water partition coefficient (Wildman–Crippen LogP) is 6.31. The Kier molecular flexibility index (Phi) is 5.78. The van der Waals surface area contributed by atoms with E-state index in [9.17, 15) is 9.18 Å². The van der Waals surface area contributed by atoms with Gasteiger partial charge >= 0.3 is 0 Å². The number of aryl methyl sites for hydroxylation is 1. The number of carbonyl (C=O) groups excluding carboxylic acids is 1. The predicted molar refractivity (Wildman–Crippen MR) is 114 cm³/mol. The molecule has 1 aliphatic carbocycles. The molecular formula is C24H31FN2O.